The monoisotopic (exact) mass is 313 g/mol. The van der Waals surface area contributed by atoms with E-state index >= 15 is 0 Å². The molecule has 0 aliphatic carbocycles. The zero-order chi connectivity index (χ0) is 15.7. The van der Waals surface area contributed by atoms with Gasteiger partial charge < -0.3 is 0 Å². The fourth-order valence-corrected chi connectivity index (χ4v) is 2.29. The molecule has 0 spiro atoms. The van der Waals surface area contributed by atoms with Crippen molar-refractivity contribution in [2.75, 3.05) is 5.01 Å². The van der Waals surface area contributed by atoms with E-state index in [1.807, 2.05) is 0 Å². The summed E-state index contributed by atoms with van der Waals surface area (Å²) in [6.07, 6.45) is 3.20. The summed E-state index contributed by atoms with van der Waals surface area (Å²) in [6.45, 7) is 1.74. The molecule has 0 radical (unpaired) electrons. The Balaban J connectivity index is 2.05. The fourth-order valence-electron chi connectivity index (χ4n) is 2.07. The summed E-state index contributed by atoms with van der Waals surface area (Å²) in [7, 11) is 0. The first-order valence-electron chi connectivity index (χ1n) is 6.50. The van der Waals surface area contributed by atoms with Crippen molar-refractivity contribution in [1.82, 2.24) is 15.0 Å². The van der Waals surface area contributed by atoms with Crippen LogP contribution >= 0.6 is 11.6 Å². The lowest BCUT2D eigenvalue weighted by Crippen LogP contribution is -2.39. The van der Waals surface area contributed by atoms with Crippen LogP contribution < -0.4 is 10.9 Å². The van der Waals surface area contributed by atoms with Crippen LogP contribution in [-0.2, 0) is 0 Å². The van der Waals surface area contributed by atoms with Crippen LogP contribution in [0.25, 0.3) is 11.0 Å². The Morgan fingerprint density at radius 1 is 1.18 bits per heavy atom. The number of amides is 1. The van der Waals surface area contributed by atoms with Gasteiger partial charge in [0.25, 0.3) is 5.91 Å². The molecule has 110 valence electrons. The molecule has 7 heteroatoms. The van der Waals surface area contributed by atoms with E-state index in [0.29, 0.717) is 27.3 Å². The van der Waals surface area contributed by atoms with Gasteiger partial charge in [0, 0.05) is 6.20 Å². The number of carbonyl (C=O) groups is 1. The van der Waals surface area contributed by atoms with Crippen LogP contribution in [0.2, 0.25) is 5.02 Å². The van der Waals surface area contributed by atoms with Gasteiger partial charge in [0.2, 0.25) is 0 Å². The van der Waals surface area contributed by atoms with Gasteiger partial charge >= 0.3 is 0 Å². The van der Waals surface area contributed by atoms with Crippen LogP contribution in [0.1, 0.15) is 16.1 Å². The second-order valence-electron chi connectivity index (χ2n) is 4.65. The van der Waals surface area contributed by atoms with Gasteiger partial charge in [-0.15, -0.1) is 0 Å². The van der Waals surface area contributed by atoms with Crippen LogP contribution in [0.4, 0.5) is 5.82 Å². The zero-order valence-electron chi connectivity index (χ0n) is 11.7. The highest BCUT2D eigenvalue weighted by Crippen LogP contribution is 2.21. The van der Waals surface area contributed by atoms with E-state index in [2.05, 4.69) is 15.0 Å². The molecule has 0 bridgehead atoms. The second kappa shape index (κ2) is 5.67. The van der Waals surface area contributed by atoms with Crippen molar-refractivity contribution in [2.24, 2.45) is 5.84 Å². The highest BCUT2D eigenvalue weighted by Gasteiger charge is 2.20. The molecule has 0 fully saturated rings. The molecule has 1 amide bonds. The molecular weight excluding hydrogens is 302 g/mol. The maximum absolute atomic E-state index is 12.5. The van der Waals surface area contributed by atoms with Crippen molar-refractivity contribution < 1.29 is 4.79 Å². The standard InChI is InChI=1S/C15H12ClN5O/c1-9-14(20-13-8-18-7-6-12(13)19-9)21(17)15(22)10-4-2-3-5-11(10)16/h2-8H,17H2,1H3. The number of anilines is 1. The van der Waals surface area contributed by atoms with Gasteiger partial charge in [0.05, 0.1) is 28.0 Å². The number of hydrogen-bond acceptors (Lipinski definition) is 5. The molecule has 0 unspecified atom stereocenters. The average Bonchev–Trinajstić information content (AvgIpc) is 2.53. The predicted octanol–water partition coefficient (Wildman–Crippen LogP) is 2.51. The molecule has 0 saturated carbocycles. The van der Waals surface area contributed by atoms with Crippen LogP contribution in [0.3, 0.4) is 0 Å². The topological polar surface area (TPSA) is 85.0 Å². The smallest absolute Gasteiger partial charge is 0.267 e. The zero-order valence-corrected chi connectivity index (χ0v) is 12.4. The highest BCUT2D eigenvalue weighted by atomic mass is 35.5. The summed E-state index contributed by atoms with van der Waals surface area (Å²) < 4.78 is 0. The Morgan fingerprint density at radius 2 is 1.95 bits per heavy atom. The maximum atomic E-state index is 12.5. The van der Waals surface area contributed by atoms with Crippen molar-refractivity contribution in [3.8, 4) is 0 Å². The number of nitrogens with zero attached hydrogens (tertiary/aromatic N) is 4. The van der Waals surface area contributed by atoms with Gasteiger partial charge in [0.15, 0.2) is 5.82 Å². The van der Waals surface area contributed by atoms with E-state index in [1.54, 1.807) is 49.6 Å². The number of aromatic nitrogens is 3. The molecule has 22 heavy (non-hydrogen) atoms. The molecule has 0 aliphatic rings. The van der Waals surface area contributed by atoms with Gasteiger partial charge in [-0.2, -0.15) is 0 Å². The van der Waals surface area contributed by atoms with Gasteiger partial charge in [-0.05, 0) is 25.1 Å². The van der Waals surface area contributed by atoms with Gasteiger partial charge in [-0.25, -0.2) is 20.8 Å². The van der Waals surface area contributed by atoms with E-state index in [9.17, 15) is 4.79 Å². The van der Waals surface area contributed by atoms with Crippen molar-refractivity contribution in [1.29, 1.82) is 0 Å². The fraction of sp³-hybridized carbons (Fsp3) is 0.0667. The predicted molar refractivity (Wildman–Crippen MR) is 84.5 cm³/mol. The molecule has 3 rings (SSSR count). The molecule has 2 aromatic heterocycles. The van der Waals surface area contributed by atoms with Crippen molar-refractivity contribution >= 4 is 34.4 Å². The van der Waals surface area contributed by atoms with E-state index in [-0.39, 0.29) is 5.82 Å². The quantitative estimate of drug-likeness (QED) is 0.446. The molecule has 0 saturated heterocycles. The third-order valence-corrected chi connectivity index (χ3v) is 3.50. The molecule has 6 nitrogen and oxygen atoms in total. The summed E-state index contributed by atoms with van der Waals surface area (Å²) in [5.74, 6) is 5.75. The van der Waals surface area contributed by atoms with E-state index < -0.39 is 5.91 Å². The first kappa shape index (κ1) is 14.4. The van der Waals surface area contributed by atoms with Crippen LogP contribution in [-0.4, -0.2) is 20.9 Å². The number of rotatable bonds is 2. The lowest BCUT2D eigenvalue weighted by molar-refractivity contribution is 0.0986. The highest BCUT2D eigenvalue weighted by molar-refractivity contribution is 6.34. The van der Waals surface area contributed by atoms with Crippen molar-refractivity contribution in [3.05, 3.63) is 59.0 Å². The Morgan fingerprint density at radius 3 is 2.73 bits per heavy atom. The third kappa shape index (κ3) is 2.49. The summed E-state index contributed by atoms with van der Waals surface area (Å²) in [4.78, 5) is 25.2. The number of fused-ring (bicyclic) bond motifs is 1. The summed E-state index contributed by atoms with van der Waals surface area (Å²) >= 11 is 6.04. The van der Waals surface area contributed by atoms with Crippen LogP contribution in [0, 0.1) is 6.92 Å². The van der Waals surface area contributed by atoms with Crippen molar-refractivity contribution in [3.63, 3.8) is 0 Å². The number of benzene rings is 1. The largest absolute Gasteiger partial charge is 0.275 e. The minimum atomic E-state index is -0.453. The molecule has 0 aliphatic heterocycles. The van der Waals surface area contributed by atoms with Crippen LogP contribution in [0.5, 0.6) is 0 Å². The minimum Gasteiger partial charge on any atom is -0.267 e. The molecule has 1 aromatic carbocycles. The molecular formula is C15H12ClN5O. The summed E-state index contributed by atoms with van der Waals surface area (Å²) in [6, 6.07) is 8.44. The SMILES string of the molecule is Cc1nc2ccncc2nc1N(N)C(=O)c1ccccc1Cl. The van der Waals surface area contributed by atoms with E-state index in [0.717, 1.165) is 5.01 Å². The third-order valence-electron chi connectivity index (χ3n) is 3.17. The Labute approximate surface area is 131 Å². The second-order valence-corrected chi connectivity index (χ2v) is 5.06. The number of carbonyl (C=O) groups excluding carboxylic acids is 1. The molecule has 3 aromatic rings. The number of hydrogen-bond donors (Lipinski definition) is 1. The molecule has 2 heterocycles. The molecule has 2 N–H and O–H groups in total. The normalized spacial score (nSPS) is 10.7. The number of nitrogens with two attached hydrogens (primary N) is 1. The number of halogens is 1. The number of hydrazine groups is 1. The van der Waals surface area contributed by atoms with Gasteiger partial charge in [-0.3, -0.25) is 9.78 Å². The van der Waals surface area contributed by atoms with Crippen molar-refractivity contribution in [2.45, 2.75) is 6.92 Å². The van der Waals surface area contributed by atoms with E-state index in [4.69, 9.17) is 17.4 Å². The Bertz CT molecular complexity index is 867. The number of aryl methyl sites for hydroxylation is 1. The lowest BCUT2D eigenvalue weighted by atomic mass is 10.2. The first-order valence-corrected chi connectivity index (χ1v) is 6.88. The summed E-state index contributed by atoms with van der Waals surface area (Å²) in [5.41, 5.74) is 2.10. The Kier molecular flexibility index (Phi) is 3.70. The van der Waals surface area contributed by atoms with Crippen LogP contribution in [0.15, 0.2) is 42.7 Å². The minimum absolute atomic E-state index is 0.269. The summed E-state index contributed by atoms with van der Waals surface area (Å²) in [5, 5.41) is 1.28. The Hall–Kier alpha value is -2.57. The van der Waals surface area contributed by atoms with Gasteiger partial charge in [0.1, 0.15) is 5.52 Å². The number of pyridine rings is 1. The van der Waals surface area contributed by atoms with Gasteiger partial charge in [-0.1, -0.05) is 23.7 Å². The molecule has 0 atom stereocenters. The average molecular weight is 314 g/mol. The maximum Gasteiger partial charge on any atom is 0.275 e. The lowest BCUT2D eigenvalue weighted by Gasteiger charge is -2.18. The first-order chi connectivity index (χ1) is 10.6. The van der Waals surface area contributed by atoms with E-state index in [1.165, 1.54) is 0 Å².